The van der Waals surface area contributed by atoms with Crippen LogP contribution in [0.3, 0.4) is 0 Å². The van der Waals surface area contributed by atoms with E-state index in [-0.39, 0.29) is 11.9 Å². The summed E-state index contributed by atoms with van der Waals surface area (Å²) in [4.78, 5) is 12.1. The monoisotopic (exact) mass is 277 g/mol. The second-order valence-electron chi connectivity index (χ2n) is 6.12. The minimum atomic E-state index is -0.0988. The second-order valence-corrected chi connectivity index (χ2v) is 6.12. The Morgan fingerprint density at radius 2 is 2.20 bits per heavy atom. The lowest BCUT2D eigenvalue weighted by molar-refractivity contribution is 0.0932. The number of hydrogen-bond acceptors (Lipinski definition) is 4. The number of aromatic nitrogens is 3. The second kappa shape index (κ2) is 5.91. The van der Waals surface area contributed by atoms with Crippen LogP contribution in [-0.4, -0.2) is 40.0 Å². The first-order valence-electron chi connectivity index (χ1n) is 7.66. The third-order valence-electron chi connectivity index (χ3n) is 4.19. The molecule has 2 fully saturated rings. The van der Waals surface area contributed by atoms with Crippen molar-refractivity contribution in [2.24, 2.45) is 5.92 Å². The van der Waals surface area contributed by atoms with Gasteiger partial charge in [-0.1, -0.05) is 18.1 Å². The first-order valence-corrected chi connectivity index (χ1v) is 7.66. The number of amides is 1. The summed E-state index contributed by atoms with van der Waals surface area (Å²) in [6, 6.07) is 0.591. The standard InChI is InChI=1S/C14H23N5O/c1-10(8-11-2-3-11)16-14(20)13-9-19(18-17-13)12-4-6-15-7-5-12/h9-12,15H,2-8H2,1H3,(H,16,20). The van der Waals surface area contributed by atoms with Gasteiger partial charge in [0.25, 0.3) is 5.91 Å². The van der Waals surface area contributed by atoms with Crippen molar-refractivity contribution in [1.82, 2.24) is 25.6 Å². The van der Waals surface area contributed by atoms with Gasteiger partial charge in [0.1, 0.15) is 0 Å². The van der Waals surface area contributed by atoms with E-state index in [1.165, 1.54) is 12.8 Å². The molecular formula is C14H23N5O. The van der Waals surface area contributed by atoms with E-state index in [0.717, 1.165) is 38.3 Å². The van der Waals surface area contributed by atoms with Gasteiger partial charge in [0.05, 0.1) is 12.2 Å². The summed E-state index contributed by atoms with van der Waals surface area (Å²) < 4.78 is 1.85. The number of piperidine rings is 1. The largest absolute Gasteiger partial charge is 0.348 e. The highest BCUT2D eigenvalue weighted by atomic mass is 16.2. The number of carbonyl (C=O) groups is 1. The fraction of sp³-hybridized carbons (Fsp3) is 0.786. The Labute approximate surface area is 119 Å². The van der Waals surface area contributed by atoms with Crippen LogP contribution >= 0.6 is 0 Å². The van der Waals surface area contributed by atoms with Gasteiger partial charge < -0.3 is 10.6 Å². The number of nitrogens with zero attached hydrogens (tertiary/aromatic N) is 3. The van der Waals surface area contributed by atoms with Crippen molar-refractivity contribution in [3.8, 4) is 0 Å². The molecule has 2 N–H and O–H groups in total. The van der Waals surface area contributed by atoms with Gasteiger partial charge >= 0.3 is 0 Å². The lowest BCUT2D eigenvalue weighted by Crippen LogP contribution is -2.33. The van der Waals surface area contributed by atoms with E-state index in [1.54, 1.807) is 6.20 Å². The molecule has 1 aliphatic carbocycles. The Kier molecular flexibility index (Phi) is 4.00. The highest BCUT2D eigenvalue weighted by Crippen LogP contribution is 2.33. The van der Waals surface area contributed by atoms with E-state index in [9.17, 15) is 4.79 Å². The molecular weight excluding hydrogens is 254 g/mol. The summed E-state index contributed by atoms with van der Waals surface area (Å²) in [7, 11) is 0. The molecule has 2 heterocycles. The molecule has 3 rings (SSSR count). The summed E-state index contributed by atoms with van der Waals surface area (Å²) in [5, 5.41) is 14.5. The van der Waals surface area contributed by atoms with Gasteiger partial charge in [0.2, 0.25) is 0 Å². The first kappa shape index (κ1) is 13.5. The molecule has 1 unspecified atom stereocenters. The van der Waals surface area contributed by atoms with Crippen LogP contribution in [0.25, 0.3) is 0 Å². The topological polar surface area (TPSA) is 71.8 Å². The SMILES string of the molecule is CC(CC1CC1)NC(=O)c1cn(C2CCNCC2)nn1. The molecule has 1 atom stereocenters. The van der Waals surface area contributed by atoms with Crippen LogP contribution in [-0.2, 0) is 0 Å². The zero-order chi connectivity index (χ0) is 13.9. The zero-order valence-corrected chi connectivity index (χ0v) is 12.0. The molecule has 6 heteroatoms. The molecule has 2 aliphatic rings. The molecule has 110 valence electrons. The van der Waals surface area contributed by atoms with E-state index in [0.29, 0.717) is 11.7 Å². The third-order valence-corrected chi connectivity index (χ3v) is 4.19. The Balaban J connectivity index is 1.55. The lowest BCUT2D eigenvalue weighted by atomic mass is 10.1. The van der Waals surface area contributed by atoms with E-state index < -0.39 is 0 Å². The predicted molar refractivity (Wildman–Crippen MR) is 75.4 cm³/mol. The number of rotatable bonds is 5. The van der Waals surface area contributed by atoms with Crippen LogP contribution in [0.4, 0.5) is 0 Å². The average Bonchev–Trinajstić information content (AvgIpc) is 3.12. The van der Waals surface area contributed by atoms with E-state index in [4.69, 9.17) is 0 Å². The van der Waals surface area contributed by atoms with Crippen molar-refractivity contribution >= 4 is 5.91 Å². The van der Waals surface area contributed by atoms with E-state index in [2.05, 4.69) is 27.9 Å². The van der Waals surface area contributed by atoms with Crippen molar-refractivity contribution in [2.75, 3.05) is 13.1 Å². The Morgan fingerprint density at radius 3 is 2.90 bits per heavy atom. The fourth-order valence-corrected chi connectivity index (χ4v) is 2.84. The van der Waals surface area contributed by atoms with Gasteiger partial charge in [-0.25, -0.2) is 4.68 Å². The number of carbonyl (C=O) groups excluding carboxylic acids is 1. The first-order chi connectivity index (χ1) is 9.72. The maximum atomic E-state index is 12.1. The van der Waals surface area contributed by atoms with Crippen LogP contribution in [0, 0.1) is 5.92 Å². The molecule has 6 nitrogen and oxygen atoms in total. The van der Waals surface area contributed by atoms with Crippen molar-refractivity contribution in [1.29, 1.82) is 0 Å². The van der Waals surface area contributed by atoms with Crippen LogP contribution in [0.2, 0.25) is 0 Å². The van der Waals surface area contributed by atoms with Crippen LogP contribution in [0.1, 0.15) is 55.6 Å². The molecule has 1 amide bonds. The van der Waals surface area contributed by atoms with Gasteiger partial charge in [-0.15, -0.1) is 5.10 Å². The molecule has 1 saturated carbocycles. The van der Waals surface area contributed by atoms with E-state index >= 15 is 0 Å². The predicted octanol–water partition coefficient (Wildman–Crippen LogP) is 1.12. The maximum absolute atomic E-state index is 12.1. The third kappa shape index (κ3) is 3.36. The van der Waals surface area contributed by atoms with Crippen molar-refractivity contribution < 1.29 is 4.79 Å². The molecule has 0 spiro atoms. The Morgan fingerprint density at radius 1 is 1.45 bits per heavy atom. The molecule has 1 aromatic rings. The lowest BCUT2D eigenvalue weighted by Gasteiger charge is -2.22. The summed E-state index contributed by atoms with van der Waals surface area (Å²) >= 11 is 0. The molecule has 1 aromatic heterocycles. The number of hydrogen-bond donors (Lipinski definition) is 2. The molecule has 0 bridgehead atoms. The number of nitrogens with one attached hydrogen (secondary N) is 2. The molecule has 1 saturated heterocycles. The van der Waals surface area contributed by atoms with Crippen LogP contribution in [0.15, 0.2) is 6.20 Å². The van der Waals surface area contributed by atoms with Gasteiger partial charge in [0, 0.05) is 6.04 Å². The van der Waals surface area contributed by atoms with E-state index in [1.807, 2.05) is 4.68 Å². The van der Waals surface area contributed by atoms with Crippen molar-refractivity contribution in [2.45, 2.75) is 51.1 Å². The van der Waals surface area contributed by atoms with Gasteiger partial charge in [-0.3, -0.25) is 4.79 Å². The van der Waals surface area contributed by atoms with Crippen molar-refractivity contribution in [3.63, 3.8) is 0 Å². The summed E-state index contributed by atoms with van der Waals surface area (Å²) in [6.07, 6.45) is 7.58. The minimum Gasteiger partial charge on any atom is -0.348 e. The van der Waals surface area contributed by atoms with Gasteiger partial charge in [0.15, 0.2) is 5.69 Å². The molecule has 20 heavy (non-hydrogen) atoms. The van der Waals surface area contributed by atoms with Crippen molar-refractivity contribution in [3.05, 3.63) is 11.9 Å². The minimum absolute atomic E-state index is 0.0988. The van der Waals surface area contributed by atoms with Crippen LogP contribution < -0.4 is 10.6 Å². The average molecular weight is 277 g/mol. The smallest absolute Gasteiger partial charge is 0.273 e. The summed E-state index contributed by atoms with van der Waals surface area (Å²) in [5.74, 6) is 0.717. The van der Waals surface area contributed by atoms with Gasteiger partial charge in [-0.2, -0.15) is 0 Å². The Bertz CT molecular complexity index is 462. The van der Waals surface area contributed by atoms with Gasteiger partial charge in [-0.05, 0) is 45.2 Å². The summed E-state index contributed by atoms with van der Waals surface area (Å²) in [5.41, 5.74) is 0.436. The quantitative estimate of drug-likeness (QED) is 0.846. The molecule has 0 radical (unpaired) electrons. The molecule has 1 aliphatic heterocycles. The highest BCUT2D eigenvalue weighted by molar-refractivity contribution is 5.92. The highest BCUT2D eigenvalue weighted by Gasteiger charge is 2.25. The fourth-order valence-electron chi connectivity index (χ4n) is 2.84. The summed E-state index contributed by atoms with van der Waals surface area (Å²) in [6.45, 7) is 4.07. The maximum Gasteiger partial charge on any atom is 0.273 e. The van der Waals surface area contributed by atoms with Crippen LogP contribution in [0.5, 0.6) is 0 Å². The Hall–Kier alpha value is -1.43. The zero-order valence-electron chi connectivity index (χ0n) is 12.0. The normalized spacial score (nSPS) is 21.6. The molecule has 0 aromatic carbocycles.